The number of ether oxygens (including phenoxy) is 1. The Labute approximate surface area is 159 Å². The third-order valence-corrected chi connectivity index (χ3v) is 4.15. The standard InChI is InChI=1S/C17H17ClN4O5/c1-26-17(25)12-9-22(5-6-23)16(24)14(12)19-11-4-2-3-10(7-11)15-20-13(8-18)27-21-15/h2-4,7,19,23H,5-6,8-9H2,1H3. The van der Waals surface area contributed by atoms with Crippen molar-refractivity contribution in [2.75, 3.05) is 32.1 Å². The first-order chi connectivity index (χ1) is 13.1. The molecule has 2 heterocycles. The molecular formula is C17H17ClN4O5. The van der Waals surface area contributed by atoms with Crippen molar-refractivity contribution in [3.8, 4) is 11.4 Å². The Kier molecular flexibility index (Phi) is 5.72. The van der Waals surface area contributed by atoms with Crippen molar-refractivity contribution >= 4 is 29.2 Å². The molecule has 1 aromatic heterocycles. The van der Waals surface area contributed by atoms with Gasteiger partial charge in [-0.1, -0.05) is 17.3 Å². The number of carbonyl (C=O) groups excluding carboxylic acids is 2. The van der Waals surface area contributed by atoms with Gasteiger partial charge in [-0.25, -0.2) is 4.79 Å². The third-order valence-electron chi connectivity index (χ3n) is 3.93. The Bertz CT molecular complexity index is 895. The summed E-state index contributed by atoms with van der Waals surface area (Å²) in [4.78, 5) is 30.1. The van der Waals surface area contributed by atoms with Crippen LogP contribution in [0.15, 0.2) is 40.1 Å². The van der Waals surface area contributed by atoms with Crippen LogP contribution in [0.3, 0.4) is 0 Å². The number of methoxy groups -OCH3 is 1. The summed E-state index contributed by atoms with van der Waals surface area (Å²) in [6, 6.07) is 6.97. The van der Waals surface area contributed by atoms with Crippen LogP contribution in [0.4, 0.5) is 5.69 Å². The normalized spacial score (nSPS) is 14.0. The summed E-state index contributed by atoms with van der Waals surface area (Å²) in [5, 5.41) is 15.9. The Balaban J connectivity index is 1.89. The van der Waals surface area contributed by atoms with Crippen LogP contribution in [0.2, 0.25) is 0 Å². The van der Waals surface area contributed by atoms with Gasteiger partial charge in [0, 0.05) is 17.8 Å². The summed E-state index contributed by atoms with van der Waals surface area (Å²) in [5.74, 6) is -0.233. The molecule has 0 bridgehead atoms. The number of hydrogen-bond donors (Lipinski definition) is 2. The van der Waals surface area contributed by atoms with Crippen LogP contribution in [0.25, 0.3) is 11.4 Å². The highest BCUT2D eigenvalue weighted by molar-refractivity contribution is 6.16. The number of hydrogen-bond acceptors (Lipinski definition) is 8. The largest absolute Gasteiger partial charge is 0.466 e. The molecule has 27 heavy (non-hydrogen) atoms. The predicted octanol–water partition coefficient (Wildman–Crippen LogP) is 1.15. The SMILES string of the molecule is COC(=O)C1=C(Nc2cccc(-c3noc(CCl)n3)c2)C(=O)N(CCO)C1. The van der Waals surface area contributed by atoms with E-state index in [1.165, 1.54) is 12.0 Å². The first-order valence-electron chi connectivity index (χ1n) is 8.05. The molecule has 0 radical (unpaired) electrons. The van der Waals surface area contributed by atoms with Crippen molar-refractivity contribution in [3.63, 3.8) is 0 Å². The third kappa shape index (κ3) is 3.93. The van der Waals surface area contributed by atoms with Crippen molar-refractivity contribution in [2.24, 2.45) is 0 Å². The van der Waals surface area contributed by atoms with Gasteiger partial charge in [0.2, 0.25) is 11.7 Å². The van der Waals surface area contributed by atoms with Crippen LogP contribution >= 0.6 is 11.6 Å². The van der Waals surface area contributed by atoms with Gasteiger partial charge in [-0.2, -0.15) is 4.98 Å². The Hall–Kier alpha value is -2.91. The number of carbonyl (C=O) groups is 2. The number of nitrogens with one attached hydrogen (secondary N) is 1. The zero-order valence-electron chi connectivity index (χ0n) is 14.4. The van der Waals surface area contributed by atoms with E-state index in [9.17, 15) is 9.59 Å². The minimum absolute atomic E-state index is 0.0675. The van der Waals surface area contributed by atoms with E-state index in [0.29, 0.717) is 23.0 Å². The topological polar surface area (TPSA) is 118 Å². The second-order valence-corrected chi connectivity index (χ2v) is 5.91. The number of aromatic nitrogens is 2. The molecule has 0 aliphatic carbocycles. The van der Waals surface area contributed by atoms with Gasteiger partial charge in [-0.3, -0.25) is 4.79 Å². The van der Waals surface area contributed by atoms with Crippen molar-refractivity contribution in [2.45, 2.75) is 5.88 Å². The number of anilines is 1. The number of benzene rings is 1. The van der Waals surface area contributed by atoms with Crippen molar-refractivity contribution in [1.29, 1.82) is 0 Å². The van der Waals surface area contributed by atoms with Crippen LogP contribution in [-0.4, -0.2) is 58.8 Å². The number of amides is 1. The first-order valence-corrected chi connectivity index (χ1v) is 8.58. The molecular weight excluding hydrogens is 376 g/mol. The molecule has 0 unspecified atom stereocenters. The minimum Gasteiger partial charge on any atom is -0.466 e. The van der Waals surface area contributed by atoms with E-state index in [2.05, 4.69) is 15.5 Å². The molecule has 1 amide bonds. The molecule has 1 aromatic carbocycles. The van der Waals surface area contributed by atoms with Gasteiger partial charge in [0.25, 0.3) is 5.91 Å². The van der Waals surface area contributed by atoms with Crippen LogP contribution in [0.1, 0.15) is 5.89 Å². The van der Waals surface area contributed by atoms with Gasteiger partial charge >= 0.3 is 5.97 Å². The summed E-state index contributed by atoms with van der Waals surface area (Å²) in [6.45, 7) is -0.0175. The van der Waals surface area contributed by atoms with Crippen molar-refractivity contribution in [1.82, 2.24) is 15.0 Å². The summed E-state index contributed by atoms with van der Waals surface area (Å²) >= 11 is 5.67. The fourth-order valence-electron chi connectivity index (χ4n) is 2.66. The first kappa shape index (κ1) is 18.9. The van der Waals surface area contributed by atoms with Gasteiger partial charge in [-0.15, -0.1) is 11.6 Å². The molecule has 0 saturated carbocycles. The van der Waals surface area contributed by atoms with Gasteiger partial charge in [0.1, 0.15) is 11.6 Å². The monoisotopic (exact) mass is 392 g/mol. The maximum absolute atomic E-state index is 12.6. The van der Waals surface area contributed by atoms with E-state index >= 15 is 0 Å². The Morgan fingerprint density at radius 3 is 2.96 bits per heavy atom. The maximum atomic E-state index is 12.6. The number of esters is 1. The molecule has 10 heteroatoms. The van der Waals surface area contributed by atoms with E-state index in [1.54, 1.807) is 24.3 Å². The lowest BCUT2D eigenvalue weighted by atomic mass is 10.1. The number of alkyl halides is 1. The summed E-state index contributed by atoms with van der Waals surface area (Å²) < 4.78 is 9.76. The minimum atomic E-state index is -0.604. The summed E-state index contributed by atoms with van der Waals surface area (Å²) in [6.07, 6.45) is 0. The average Bonchev–Trinajstić information content (AvgIpc) is 3.28. The van der Waals surface area contributed by atoms with E-state index in [4.69, 9.17) is 26.0 Å². The molecule has 2 N–H and O–H groups in total. The predicted molar refractivity (Wildman–Crippen MR) is 95.6 cm³/mol. The summed E-state index contributed by atoms with van der Waals surface area (Å²) in [5.41, 5.74) is 1.52. The van der Waals surface area contributed by atoms with E-state index < -0.39 is 5.97 Å². The lowest BCUT2D eigenvalue weighted by Gasteiger charge is -2.15. The van der Waals surface area contributed by atoms with Crippen LogP contribution in [-0.2, 0) is 20.2 Å². The molecule has 2 aromatic rings. The smallest absolute Gasteiger partial charge is 0.337 e. The molecule has 0 atom stereocenters. The molecule has 0 spiro atoms. The van der Waals surface area contributed by atoms with Gasteiger partial charge in [0.15, 0.2) is 0 Å². The van der Waals surface area contributed by atoms with Crippen LogP contribution < -0.4 is 5.32 Å². The number of halogens is 1. The zero-order chi connectivity index (χ0) is 19.4. The lowest BCUT2D eigenvalue weighted by molar-refractivity contribution is -0.136. The number of aliphatic hydroxyl groups is 1. The maximum Gasteiger partial charge on any atom is 0.337 e. The Morgan fingerprint density at radius 2 is 2.30 bits per heavy atom. The highest BCUT2D eigenvalue weighted by Gasteiger charge is 2.34. The number of nitrogens with zero attached hydrogens (tertiary/aromatic N) is 3. The molecule has 0 saturated heterocycles. The number of rotatable bonds is 7. The number of aliphatic hydroxyl groups excluding tert-OH is 1. The van der Waals surface area contributed by atoms with E-state index in [-0.39, 0.29) is 42.8 Å². The van der Waals surface area contributed by atoms with E-state index in [0.717, 1.165) is 0 Å². The fraction of sp³-hybridized carbons (Fsp3) is 0.294. The highest BCUT2D eigenvalue weighted by Crippen LogP contribution is 2.25. The highest BCUT2D eigenvalue weighted by atomic mass is 35.5. The van der Waals surface area contributed by atoms with Crippen LogP contribution in [0.5, 0.6) is 0 Å². The molecule has 9 nitrogen and oxygen atoms in total. The lowest BCUT2D eigenvalue weighted by Crippen LogP contribution is -2.31. The molecule has 3 rings (SSSR count). The van der Waals surface area contributed by atoms with E-state index in [1.807, 2.05) is 0 Å². The quantitative estimate of drug-likeness (QED) is 0.532. The zero-order valence-corrected chi connectivity index (χ0v) is 15.2. The van der Waals surface area contributed by atoms with Crippen LogP contribution in [0, 0.1) is 0 Å². The molecule has 1 aliphatic heterocycles. The molecule has 1 aliphatic rings. The number of β-amino-alcohol motifs (C(OH)–C–C–N with tert-alkyl or cyclic N) is 1. The van der Waals surface area contributed by atoms with Crippen molar-refractivity contribution < 1.29 is 24.0 Å². The van der Waals surface area contributed by atoms with Gasteiger partial charge < -0.3 is 24.6 Å². The Morgan fingerprint density at radius 1 is 1.48 bits per heavy atom. The molecule has 0 fully saturated rings. The fourth-order valence-corrected chi connectivity index (χ4v) is 2.76. The summed E-state index contributed by atoms with van der Waals surface area (Å²) in [7, 11) is 1.25. The second-order valence-electron chi connectivity index (χ2n) is 5.65. The van der Waals surface area contributed by atoms with Gasteiger partial charge in [0.05, 0.1) is 25.8 Å². The average molecular weight is 393 g/mol. The second kappa shape index (κ2) is 8.19. The van der Waals surface area contributed by atoms with Gasteiger partial charge in [-0.05, 0) is 12.1 Å². The molecule has 142 valence electrons. The van der Waals surface area contributed by atoms with Crippen molar-refractivity contribution in [3.05, 3.63) is 41.4 Å².